The minimum absolute atomic E-state index is 0.477. The number of fused-ring (bicyclic) bond motifs is 1. The first-order chi connectivity index (χ1) is 8.74. The summed E-state index contributed by atoms with van der Waals surface area (Å²) in [5, 5.41) is 0.840. The van der Waals surface area contributed by atoms with Crippen molar-refractivity contribution in [1.29, 1.82) is 0 Å². The normalized spacial score (nSPS) is 10.7. The van der Waals surface area contributed by atoms with Gasteiger partial charge in [-0.15, -0.1) is 0 Å². The van der Waals surface area contributed by atoms with E-state index in [1.165, 1.54) is 6.33 Å². The zero-order valence-electron chi connectivity index (χ0n) is 9.54. The Morgan fingerprint density at radius 3 is 2.44 bits per heavy atom. The number of aromatic nitrogens is 3. The molecule has 5 nitrogen and oxygen atoms in total. The summed E-state index contributed by atoms with van der Waals surface area (Å²) in [5.41, 5.74) is 14.2. The fraction of sp³-hybridized carbons (Fsp3) is 0. The number of nitrogens with two attached hydrogens (primary N) is 2. The Morgan fingerprint density at radius 1 is 0.833 bits per heavy atom. The third-order valence-electron chi connectivity index (χ3n) is 2.79. The van der Waals surface area contributed by atoms with E-state index in [2.05, 4.69) is 15.0 Å². The second-order valence-corrected chi connectivity index (χ2v) is 3.96. The van der Waals surface area contributed by atoms with Gasteiger partial charge < -0.3 is 11.5 Å². The molecule has 0 saturated heterocycles. The van der Waals surface area contributed by atoms with Crippen LogP contribution in [0.5, 0.6) is 0 Å². The average molecular weight is 237 g/mol. The van der Waals surface area contributed by atoms with Crippen molar-refractivity contribution >= 4 is 22.5 Å². The van der Waals surface area contributed by atoms with Gasteiger partial charge in [0.1, 0.15) is 18.0 Å². The maximum absolute atomic E-state index is 5.84. The summed E-state index contributed by atoms with van der Waals surface area (Å²) in [6.07, 6.45) is 3.19. The van der Waals surface area contributed by atoms with Crippen molar-refractivity contribution in [2.75, 3.05) is 11.5 Å². The molecule has 1 aromatic carbocycles. The summed E-state index contributed by atoms with van der Waals surface area (Å²) in [7, 11) is 0. The van der Waals surface area contributed by atoms with Gasteiger partial charge >= 0.3 is 0 Å². The molecule has 3 aromatic rings. The monoisotopic (exact) mass is 237 g/mol. The van der Waals surface area contributed by atoms with Crippen molar-refractivity contribution in [2.24, 2.45) is 0 Å². The number of pyridine rings is 1. The predicted molar refractivity (Wildman–Crippen MR) is 71.6 cm³/mol. The molecule has 5 heteroatoms. The van der Waals surface area contributed by atoms with Gasteiger partial charge in [0.15, 0.2) is 0 Å². The molecule has 4 N–H and O–H groups in total. The molecule has 0 spiro atoms. The topological polar surface area (TPSA) is 90.7 Å². The van der Waals surface area contributed by atoms with Crippen molar-refractivity contribution in [3.8, 4) is 11.1 Å². The molecule has 0 atom stereocenters. The Bertz CT molecular complexity index is 706. The summed E-state index contributed by atoms with van der Waals surface area (Å²) >= 11 is 0. The van der Waals surface area contributed by atoms with Crippen LogP contribution in [0.3, 0.4) is 0 Å². The van der Waals surface area contributed by atoms with Gasteiger partial charge in [0, 0.05) is 17.1 Å². The molecule has 2 heterocycles. The van der Waals surface area contributed by atoms with Crippen LogP contribution < -0.4 is 11.5 Å². The van der Waals surface area contributed by atoms with E-state index in [9.17, 15) is 0 Å². The summed E-state index contributed by atoms with van der Waals surface area (Å²) < 4.78 is 0. The number of hydrogen-bond acceptors (Lipinski definition) is 5. The first kappa shape index (κ1) is 10.5. The second kappa shape index (κ2) is 3.96. The molecule has 0 aliphatic heterocycles. The number of anilines is 2. The highest BCUT2D eigenvalue weighted by Gasteiger charge is 2.03. The molecule has 0 aliphatic carbocycles. The molecule has 2 aromatic heterocycles. The highest BCUT2D eigenvalue weighted by Crippen LogP contribution is 2.25. The minimum Gasteiger partial charge on any atom is -0.384 e. The third-order valence-corrected chi connectivity index (χ3v) is 2.79. The standard InChI is InChI=1S/C13H11N5/c14-12-4-2-9(6-16-12)8-1-3-11-10(5-8)13(15)18-7-17-11/h1-7H,(H2,14,16)(H2,15,17,18). The van der Waals surface area contributed by atoms with Crippen molar-refractivity contribution in [3.63, 3.8) is 0 Å². The molecule has 0 unspecified atom stereocenters. The fourth-order valence-corrected chi connectivity index (χ4v) is 1.83. The highest BCUT2D eigenvalue weighted by atomic mass is 14.9. The van der Waals surface area contributed by atoms with Gasteiger partial charge in [0.2, 0.25) is 0 Å². The van der Waals surface area contributed by atoms with Gasteiger partial charge in [-0.3, -0.25) is 0 Å². The maximum atomic E-state index is 5.84. The van der Waals surface area contributed by atoms with E-state index >= 15 is 0 Å². The molecular weight excluding hydrogens is 226 g/mol. The number of rotatable bonds is 1. The Labute approximate surface area is 104 Å². The molecular formula is C13H11N5. The predicted octanol–water partition coefficient (Wildman–Crippen LogP) is 1.86. The first-order valence-electron chi connectivity index (χ1n) is 5.46. The van der Waals surface area contributed by atoms with E-state index < -0.39 is 0 Å². The van der Waals surface area contributed by atoms with Gasteiger partial charge in [-0.05, 0) is 29.8 Å². The van der Waals surface area contributed by atoms with E-state index in [-0.39, 0.29) is 0 Å². The van der Waals surface area contributed by atoms with E-state index in [0.717, 1.165) is 22.0 Å². The molecule has 0 amide bonds. The zero-order valence-corrected chi connectivity index (χ0v) is 9.54. The number of nitrogen functional groups attached to an aromatic ring is 2. The van der Waals surface area contributed by atoms with Crippen molar-refractivity contribution in [3.05, 3.63) is 42.9 Å². The SMILES string of the molecule is Nc1ccc(-c2ccc3ncnc(N)c3c2)cn1. The third kappa shape index (κ3) is 1.71. The molecule has 0 radical (unpaired) electrons. The lowest BCUT2D eigenvalue weighted by Gasteiger charge is -2.05. The molecule has 3 rings (SSSR count). The second-order valence-electron chi connectivity index (χ2n) is 3.96. The van der Waals surface area contributed by atoms with Gasteiger partial charge in [-0.25, -0.2) is 15.0 Å². The van der Waals surface area contributed by atoms with Gasteiger partial charge in [0.25, 0.3) is 0 Å². The first-order valence-corrected chi connectivity index (χ1v) is 5.46. The fourth-order valence-electron chi connectivity index (χ4n) is 1.83. The van der Waals surface area contributed by atoms with Crippen LogP contribution in [-0.2, 0) is 0 Å². The van der Waals surface area contributed by atoms with Crippen molar-refractivity contribution in [2.45, 2.75) is 0 Å². The van der Waals surface area contributed by atoms with E-state index in [1.807, 2.05) is 24.3 Å². The van der Waals surface area contributed by atoms with Crippen LogP contribution in [0.1, 0.15) is 0 Å². The lowest BCUT2D eigenvalue weighted by atomic mass is 10.1. The molecule has 0 aliphatic rings. The highest BCUT2D eigenvalue weighted by molar-refractivity contribution is 5.91. The lowest BCUT2D eigenvalue weighted by molar-refractivity contribution is 1.23. The summed E-state index contributed by atoms with van der Waals surface area (Å²) in [6.45, 7) is 0. The van der Waals surface area contributed by atoms with Gasteiger partial charge in [-0.1, -0.05) is 6.07 Å². The van der Waals surface area contributed by atoms with Crippen molar-refractivity contribution < 1.29 is 0 Å². The average Bonchev–Trinajstić information content (AvgIpc) is 2.40. The molecule has 18 heavy (non-hydrogen) atoms. The molecule has 0 fully saturated rings. The van der Waals surface area contributed by atoms with Crippen LogP contribution in [0, 0.1) is 0 Å². The van der Waals surface area contributed by atoms with E-state index in [4.69, 9.17) is 11.5 Å². The Kier molecular flexibility index (Phi) is 2.30. The van der Waals surface area contributed by atoms with E-state index in [1.54, 1.807) is 12.3 Å². The minimum atomic E-state index is 0.477. The summed E-state index contributed by atoms with van der Waals surface area (Å²) in [4.78, 5) is 12.2. The zero-order chi connectivity index (χ0) is 12.5. The van der Waals surface area contributed by atoms with Crippen LogP contribution in [0.4, 0.5) is 11.6 Å². The Hall–Kier alpha value is -2.69. The Balaban J connectivity index is 2.18. The van der Waals surface area contributed by atoms with Crippen LogP contribution >= 0.6 is 0 Å². The number of hydrogen-bond donors (Lipinski definition) is 2. The van der Waals surface area contributed by atoms with Crippen LogP contribution in [0.15, 0.2) is 42.9 Å². The number of nitrogens with zero attached hydrogens (tertiary/aromatic N) is 3. The largest absolute Gasteiger partial charge is 0.384 e. The van der Waals surface area contributed by atoms with E-state index in [0.29, 0.717) is 11.6 Å². The molecule has 0 bridgehead atoms. The van der Waals surface area contributed by atoms with Gasteiger partial charge in [-0.2, -0.15) is 0 Å². The number of benzene rings is 1. The van der Waals surface area contributed by atoms with Crippen LogP contribution in [0.2, 0.25) is 0 Å². The summed E-state index contributed by atoms with van der Waals surface area (Å²) in [6, 6.07) is 9.53. The smallest absolute Gasteiger partial charge is 0.134 e. The molecule has 88 valence electrons. The molecule has 0 saturated carbocycles. The maximum Gasteiger partial charge on any atom is 0.134 e. The van der Waals surface area contributed by atoms with Gasteiger partial charge in [0.05, 0.1) is 5.52 Å². The lowest BCUT2D eigenvalue weighted by Crippen LogP contribution is -1.93. The summed E-state index contributed by atoms with van der Waals surface area (Å²) in [5.74, 6) is 0.979. The quantitative estimate of drug-likeness (QED) is 0.674. The van der Waals surface area contributed by atoms with Crippen LogP contribution in [-0.4, -0.2) is 15.0 Å². The van der Waals surface area contributed by atoms with Crippen LogP contribution in [0.25, 0.3) is 22.0 Å². The Morgan fingerprint density at radius 2 is 1.67 bits per heavy atom. The van der Waals surface area contributed by atoms with Crippen molar-refractivity contribution in [1.82, 2.24) is 15.0 Å².